The number of nitrogens with one attached hydrogen (secondary N) is 1. The average Bonchev–Trinajstić information content (AvgIpc) is 3.10. The second kappa shape index (κ2) is 16.1. The summed E-state index contributed by atoms with van der Waals surface area (Å²) in [6.07, 6.45) is 5.81. The summed E-state index contributed by atoms with van der Waals surface area (Å²) < 4.78 is 39.2. The summed E-state index contributed by atoms with van der Waals surface area (Å²) in [5, 5.41) is 4.18. The molecule has 0 aliphatic carbocycles. The molecule has 0 radical (unpaired) electrons. The number of carbonyl (C=O) groups is 1. The standard InChI is InChI=1S/C39H55F2N7O3/c1-8-9-10-11-17-48-35-32(25-33(36(48)49)46-22-20-45(21-23-46)27(2)3)34(42-26-43-35)44-28(4)29-13-12-14-31(24-29)39(40,41)30-15-18-47(19-16-30)37(50)51-38(5,6)7/h8,12-14,24-28,30H,1,9-11,15-23H2,2-7H3,(H,42,43,44)/t28-/m1/s1. The van der Waals surface area contributed by atoms with Crippen LogP contribution in [0.1, 0.15) is 90.8 Å². The van der Waals surface area contributed by atoms with Crippen molar-refractivity contribution in [1.29, 1.82) is 0 Å². The number of alkyl halides is 2. The van der Waals surface area contributed by atoms with Crippen LogP contribution in [0.5, 0.6) is 0 Å². The normalized spacial score (nSPS) is 17.2. The van der Waals surface area contributed by atoms with Crippen LogP contribution in [0.2, 0.25) is 0 Å². The van der Waals surface area contributed by atoms with Crippen molar-refractivity contribution in [2.45, 2.75) is 104 Å². The fourth-order valence-electron chi connectivity index (χ4n) is 7.04. The van der Waals surface area contributed by atoms with Gasteiger partial charge in [-0.25, -0.2) is 23.5 Å². The number of allylic oxidation sites excluding steroid dienone is 1. The second-order valence-corrected chi connectivity index (χ2v) is 15.2. The number of aryl methyl sites for hydroxylation is 1. The first kappa shape index (κ1) is 38.2. The number of carbonyl (C=O) groups excluding carboxylic acids is 1. The summed E-state index contributed by atoms with van der Waals surface area (Å²) in [6, 6.07) is 8.50. The summed E-state index contributed by atoms with van der Waals surface area (Å²) in [5.41, 5.74) is 1.10. The van der Waals surface area contributed by atoms with Gasteiger partial charge in [-0.2, -0.15) is 0 Å². The van der Waals surface area contributed by atoms with Crippen molar-refractivity contribution in [2.24, 2.45) is 5.92 Å². The molecule has 2 aliphatic heterocycles. The third-order valence-electron chi connectivity index (χ3n) is 10.1. The number of halogens is 2. The molecule has 1 amide bonds. The molecule has 2 fully saturated rings. The molecule has 4 heterocycles. The minimum Gasteiger partial charge on any atom is -0.444 e. The maximum Gasteiger partial charge on any atom is 0.410 e. The Hall–Kier alpha value is -4.06. The van der Waals surface area contributed by atoms with Gasteiger partial charge in [-0.3, -0.25) is 14.3 Å². The molecule has 0 bridgehead atoms. The van der Waals surface area contributed by atoms with Crippen LogP contribution in [0.15, 0.2) is 54.1 Å². The number of amides is 1. The van der Waals surface area contributed by atoms with E-state index in [9.17, 15) is 9.59 Å². The first-order valence-corrected chi connectivity index (χ1v) is 18.4. The summed E-state index contributed by atoms with van der Waals surface area (Å²) in [7, 11) is 0. The van der Waals surface area contributed by atoms with E-state index in [1.54, 1.807) is 37.5 Å². The van der Waals surface area contributed by atoms with Crippen LogP contribution in [0.4, 0.5) is 25.1 Å². The highest BCUT2D eigenvalue weighted by Crippen LogP contribution is 2.42. The molecule has 1 N–H and O–H groups in total. The number of ether oxygens (including phenoxy) is 1. The van der Waals surface area contributed by atoms with Gasteiger partial charge in [-0.15, -0.1) is 6.58 Å². The molecule has 12 heteroatoms. The largest absolute Gasteiger partial charge is 0.444 e. The molecule has 0 unspecified atom stereocenters. The zero-order valence-electron chi connectivity index (χ0n) is 31.1. The SMILES string of the molecule is C=CCCCCn1c(=O)c(N2CCN(C(C)C)CC2)cc2c(N[C@H](C)c3cccc(C(F)(F)C4CCN(C(=O)OC(C)(C)C)CC4)c3)ncnc21. The first-order chi connectivity index (χ1) is 24.2. The van der Waals surface area contributed by atoms with Gasteiger partial charge in [0.25, 0.3) is 11.5 Å². The molecule has 0 spiro atoms. The van der Waals surface area contributed by atoms with Crippen LogP contribution in [-0.4, -0.2) is 81.3 Å². The molecule has 2 aromatic heterocycles. The van der Waals surface area contributed by atoms with E-state index in [0.29, 0.717) is 40.7 Å². The third-order valence-corrected chi connectivity index (χ3v) is 10.1. The Morgan fingerprint density at radius 2 is 1.75 bits per heavy atom. The third kappa shape index (κ3) is 9.06. The number of benzene rings is 1. The monoisotopic (exact) mass is 707 g/mol. The molecular formula is C39H55F2N7O3. The van der Waals surface area contributed by atoms with E-state index in [-0.39, 0.29) is 43.1 Å². The van der Waals surface area contributed by atoms with E-state index in [0.717, 1.165) is 45.4 Å². The van der Waals surface area contributed by atoms with Crippen molar-refractivity contribution < 1.29 is 18.3 Å². The minimum atomic E-state index is -3.08. The molecule has 5 rings (SSSR count). The molecule has 1 aromatic carbocycles. The minimum absolute atomic E-state index is 0.0481. The van der Waals surface area contributed by atoms with Gasteiger partial charge >= 0.3 is 6.09 Å². The zero-order valence-corrected chi connectivity index (χ0v) is 31.1. The number of likely N-dealkylation sites (tertiary alicyclic amines) is 1. The predicted molar refractivity (Wildman–Crippen MR) is 200 cm³/mol. The van der Waals surface area contributed by atoms with Crippen molar-refractivity contribution in [3.8, 4) is 0 Å². The number of rotatable bonds is 12. The molecule has 2 saturated heterocycles. The van der Waals surface area contributed by atoms with E-state index >= 15 is 8.78 Å². The predicted octanol–water partition coefficient (Wildman–Crippen LogP) is 7.59. The number of hydrogen-bond acceptors (Lipinski definition) is 8. The number of aromatic nitrogens is 3. The van der Waals surface area contributed by atoms with Gasteiger partial charge < -0.3 is 19.9 Å². The Balaban J connectivity index is 1.38. The highest BCUT2D eigenvalue weighted by molar-refractivity contribution is 5.89. The van der Waals surface area contributed by atoms with Crippen molar-refractivity contribution in [3.05, 3.63) is 70.8 Å². The lowest BCUT2D eigenvalue weighted by molar-refractivity contribution is -0.0861. The topological polar surface area (TPSA) is 95.8 Å². The zero-order chi connectivity index (χ0) is 36.9. The number of nitrogens with zero attached hydrogens (tertiary/aromatic N) is 6. The lowest BCUT2D eigenvalue weighted by Crippen LogP contribution is -2.50. The van der Waals surface area contributed by atoms with E-state index in [4.69, 9.17) is 4.74 Å². The van der Waals surface area contributed by atoms with E-state index in [1.165, 1.54) is 17.3 Å². The van der Waals surface area contributed by atoms with Crippen LogP contribution in [0.3, 0.4) is 0 Å². The number of piperazine rings is 1. The van der Waals surface area contributed by atoms with Gasteiger partial charge in [-0.05, 0) is 91.3 Å². The Kier molecular flexibility index (Phi) is 12.0. The second-order valence-electron chi connectivity index (χ2n) is 15.2. The summed E-state index contributed by atoms with van der Waals surface area (Å²) in [5.74, 6) is -3.43. The Morgan fingerprint density at radius 1 is 1.04 bits per heavy atom. The lowest BCUT2D eigenvalue weighted by atomic mass is 9.85. The molecule has 2 aliphatic rings. The molecule has 10 nitrogen and oxygen atoms in total. The first-order valence-electron chi connectivity index (χ1n) is 18.4. The van der Waals surface area contributed by atoms with E-state index < -0.39 is 23.5 Å². The number of fused-ring (bicyclic) bond motifs is 1. The highest BCUT2D eigenvalue weighted by atomic mass is 19.3. The molecule has 278 valence electrons. The molecule has 51 heavy (non-hydrogen) atoms. The van der Waals surface area contributed by atoms with Gasteiger partial charge in [-0.1, -0.05) is 24.3 Å². The van der Waals surface area contributed by atoms with Crippen LogP contribution in [0.25, 0.3) is 11.0 Å². The molecule has 0 saturated carbocycles. The number of pyridine rings is 1. The Bertz CT molecular complexity index is 1720. The molecular weight excluding hydrogens is 652 g/mol. The number of piperidine rings is 1. The van der Waals surface area contributed by atoms with Crippen LogP contribution in [-0.2, 0) is 17.2 Å². The van der Waals surface area contributed by atoms with E-state index in [2.05, 4.69) is 45.5 Å². The average molecular weight is 708 g/mol. The quantitative estimate of drug-likeness (QED) is 0.152. The lowest BCUT2D eigenvalue weighted by Gasteiger charge is -2.38. The van der Waals surface area contributed by atoms with Crippen molar-refractivity contribution >= 4 is 28.6 Å². The van der Waals surface area contributed by atoms with Gasteiger partial charge in [0, 0.05) is 69.4 Å². The summed E-state index contributed by atoms with van der Waals surface area (Å²) >= 11 is 0. The number of anilines is 2. The van der Waals surface area contributed by atoms with Crippen molar-refractivity contribution in [3.63, 3.8) is 0 Å². The fourth-order valence-corrected chi connectivity index (χ4v) is 7.04. The van der Waals surface area contributed by atoms with Crippen LogP contribution >= 0.6 is 0 Å². The van der Waals surface area contributed by atoms with Crippen molar-refractivity contribution in [1.82, 2.24) is 24.3 Å². The summed E-state index contributed by atoms with van der Waals surface area (Å²) in [6.45, 7) is 19.7. The van der Waals surface area contributed by atoms with E-state index in [1.807, 2.05) is 25.1 Å². The Labute approximate surface area is 300 Å². The smallest absolute Gasteiger partial charge is 0.410 e. The van der Waals surface area contributed by atoms with Crippen LogP contribution in [0, 0.1) is 5.92 Å². The Morgan fingerprint density at radius 3 is 2.39 bits per heavy atom. The van der Waals surface area contributed by atoms with Gasteiger partial charge in [0.15, 0.2) is 0 Å². The molecule has 1 atom stereocenters. The molecule has 3 aromatic rings. The van der Waals surface area contributed by atoms with Crippen LogP contribution < -0.4 is 15.8 Å². The summed E-state index contributed by atoms with van der Waals surface area (Å²) in [4.78, 5) is 41.7. The fraction of sp³-hybridized carbons (Fsp3) is 0.590. The van der Waals surface area contributed by atoms with Gasteiger partial charge in [0.2, 0.25) is 0 Å². The highest BCUT2D eigenvalue weighted by Gasteiger charge is 2.44. The van der Waals surface area contributed by atoms with Gasteiger partial charge in [0.1, 0.15) is 29.1 Å². The number of hydrogen-bond donors (Lipinski definition) is 1. The van der Waals surface area contributed by atoms with Gasteiger partial charge in [0.05, 0.1) is 5.39 Å². The van der Waals surface area contributed by atoms with Crippen molar-refractivity contribution in [2.75, 3.05) is 49.5 Å². The maximum atomic E-state index is 16.0. The maximum absolute atomic E-state index is 16.0. The number of unbranched alkanes of at least 4 members (excludes halogenated alkanes) is 2.